The molecule has 0 saturated carbocycles. The van der Waals surface area contributed by atoms with Crippen molar-refractivity contribution in [1.82, 2.24) is 15.2 Å². The van der Waals surface area contributed by atoms with Crippen LogP contribution in [0.5, 0.6) is 5.75 Å². The van der Waals surface area contributed by atoms with Gasteiger partial charge in [-0.1, -0.05) is 96.8 Å². The number of rotatable bonds is 11. The Kier molecular flexibility index (Phi) is 10.8. The maximum atomic E-state index is 15.4. The first kappa shape index (κ1) is 37.6. The molecule has 4 N–H and O–H groups in total. The highest BCUT2D eigenvalue weighted by molar-refractivity contribution is 6.12. The number of fused-ring (bicyclic) bond motifs is 3. The summed E-state index contributed by atoms with van der Waals surface area (Å²) >= 11 is 0. The Balaban J connectivity index is 1.40. The molecule has 4 heterocycles. The zero-order valence-corrected chi connectivity index (χ0v) is 31.1. The fourth-order valence-electron chi connectivity index (χ4n) is 8.83. The largest absolute Gasteiger partial charge is 0.491 e. The lowest BCUT2D eigenvalue weighted by molar-refractivity contribution is -0.178. The van der Waals surface area contributed by atoms with E-state index in [1.165, 1.54) is 0 Å². The van der Waals surface area contributed by atoms with Crippen molar-refractivity contribution in [2.24, 2.45) is 5.92 Å². The topological polar surface area (TPSA) is 150 Å². The molecule has 2 fully saturated rings. The number of hydrogen-bond acceptors (Lipinski definition) is 9. The van der Waals surface area contributed by atoms with Crippen LogP contribution in [-0.4, -0.2) is 70.3 Å². The number of amides is 2. The Bertz CT molecular complexity index is 2310. The smallest absolute Gasteiger partial charge is 0.324 e. The van der Waals surface area contributed by atoms with Crippen molar-refractivity contribution >= 4 is 23.5 Å². The molecule has 2 amide bonds. The number of benzene rings is 4. The lowest BCUT2D eigenvalue weighted by atomic mass is 9.65. The summed E-state index contributed by atoms with van der Waals surface area (Å²) in [6, 6.07) is 34.4. The standard InChI is InChI=1S/C46H42N4O7/c51-26-12-10-13-30-21-22-36-35(29-30)46(45(55)49-36)38(43(53)48-25-23-33-18-9-11-24-47-33)40-44(54)57-41(32-16-5-2-6-17-32)39(31-14-3-1-4-15-31)50(40)42(46)34-19-7-8-20-37(34)56-28-27-52/h1-9,11,14-22,24,29,38-42,51-52H,12,23,25-28H2,(H,48,53)(H,49,55)/t38-,39-,40-,41+,42+,46-/m1/s1. The number of para-hydroxylation sites is 1. The fraction of sp³-hybridized carbons (Fsp3) is 0.261. The molecule has 11 nitrogen and oxygen atoms in total. The molecule has 0 radical (unpaired) electrons. The quantitative estimate of drug-likeness (QED) is 0.110. The number of morpholine rings is 1. The van der Waals surface area contributed by atoms with Crippen molar-refractivity contribution in [3.8, 4) is 17.6 Å². The molecule has 4 aromatic carbocycles. The molecule has 1 aromatic heterocycles. The van der Waals surface area contributed by atoms with Crippen molar-refractivity contribution in [2.75, 3.05) is 31.7 Å². The molecule has 5 aromatic rings. The lowest BCUT2D eigenvalue weighted by Gasteiger charge is -2.46. The van der Waals surface area contributed by atoms with Crippen LogP contribution in [0, 0.1) is 17.8 Å². The Morgan fingerprint density at radius 1 is 0.877 bits per heavy atom. The molecule has 2 saturated heterocycles. The summed E-state index contributed by atoms with van der Waals surface area (Å²) < 4.78 is 12.7. The highest BCUT2D eigenvalue weighted by Gasteiger charge is 2.74. The first-order valence-electron chi connectivity index (χ1n) is 19.1. The van der Waals surface area contributed by atoms with Crippen molar-refractivity contribution < 1.29 is 34.1 Å². The molecule has 288 valence electrons. The summed E-state index contributed by atoms with van der Waals surface area (Å²) in [7, 11) is 0. The number of ether oxygens (including phenoxy) is 2. The third-order valence-electron chi connectivity index (χ3n) is 11.0. The molecule has 1 spiro atoms. The normalized spacial score (nSPS) is 23.4. The Hall–Kier alpha value is -6.32. The van der Waals surface area contributed by atoms with E-state index in [-0.39, 0.29) is 32.8 Å². The van der Waals surface area contributed by atoms with E-state index in [2.05, 4.69) is 27.5 Å². The van der Waals surface area contributed by atoms with Gasteiger partial charge < -0.3 is 30.3 Å². The van der Waals surface area contributed by atoms with E-state index in [9.17, 15) is 15.0 Å². The van der Waals surface area contributed by atoms with E-state index in [0.29, 0.717) is 34.5 Å². The lowest BCUT2D eigenvalue weighted by Crippen LogP contribution is -2.55. The molecule has 8 rings (SSSR count). The summed E-state index contributed by atoms with van der Waals surface area (Å²) in [5.74, 6) is 3.56. The van der Waals surface area contributed by atoms with E-state index in [1.54, 1.807) is 30.5 Å². The molecule has 6 atom stereocenters. The number of aliphatic hydroxyl groups is 2. The second kappa shape index (κ2) is 16.4. The SMILES string of the molecule is O=C1O[C@@H](c2ccccc2)[C@@H](c2ccccc2)N2[C@@H](c3ccccc3OCCO)[C@]3(C(=O)Nc4ccc(C#CCCO)cc43)[C@@H](C(=O)NCCc3ccccn3)[C@H]12. The van der Waals surface area contributed by atoms with Crippen molar-refractivity contribution in [1.29, 1.82) is 0 Å². The van der Waals surface area contributed by atoms with E-state index >= 15 is 9.59 Å². The van der Waals surface area contributed by atoms with Gasteiger partial charge in [0, 0.05) is 48.1 Å². The third-order valence-corrected chi connectivity index (χ3v) is 11.0. The number of hydrogen-bond donors (Lipinski definition) is 4. The van der Waals surface area contributed by atoms with Gasteiger partial charge in [0.1, 0.15) is 29.9 Å². The summed E-state index contributed by atoms with van der Waals surface area (Å²) in [5, 5.41) is 25.5. The molecule has 0 bridgehead atoms. The minimum absolute atomic E-state index is 0.0260. The van der Waals surface area contributed by atoms with Crippen LogP contribution in [0.25, 0.3) is 0 Å². The number of esters is 1. The van der Waals surface area contributed by atoms with Crippen molar-refractivity contribution in [3.05, 3.63) is 161 Å². The van der Waals surface area contributed by atoms with Crippen LogP contribution in [0.2, 0.25) is 0 Å². The van der Waals surface area contributed by atoms with Gasteiger partial charge in [0.05, 0.1) is 31.2 Å². The van der Waals surface area contributed by atoms with Crippen LogP contribution in [0.15, 0.2) is 128 Å². The zero-order chi connectivity index (χ0) is 39.4. The molecule has 11 heteroatoms. The second-order valence-electron chi connectivity index (χ2n) is 14.2. The highest BCUT2D eigenvalue weighted by Crippen LogP contribution is 2.65. The van der Waals surface area contributed by atoms with Gasteiger partial charge in [-0.25, -0.2) is 0 Å². The molecular weight excluding hydrogens is 721 g/mol. The molecule has 57 heavy (non-hydrogen) atoms. The van der Waals surface area contributed by atoms with Gasteiger partial charge in [-0.3, -0.25) is 24.3 Å². The number of anilines is 1. The predicted molar refractivity (Wildman–Crippen MR) is 212 cm³/mol. The van der Waals surface area contributed by atoms with Gasteiger partial charge in [-0.2, -0.15) is 0 Å². The number of carbonyl (C=O) groups excluding carboxylic acids is 3. The number of cyclic esters (lactones) is 1. The number of aliphatic hydroxyl groups excluding tert-OH is 2. The van der Waals surface area contributed by atoms with E-state index < -0.39 is 53.3 Å². The number of aromatic nitrogens is 1. The number of carbonyl (C=O) groups is 3. The van der Waals surface area contributed by atoms with Gasteiger partial charge in [0.15, 0.2) is 0 Å². The second-order valence-corrected chi connectivity index (χ2v) is 14.2. The average molecular weight is 763 g/mol. The highest BCUT2D eigenvalue weighted by atomic mass is 16.6. The maximum absolute atomic E-state index is 15.4. The van der Waals surface area contributed by atoms with Crippen LogP contribution in [0.4, 0.5) is 5.69 Å². The van der Waals surface area contributed by atoms with Crippen LogP contribution >= 0.6 is 0 Å². The van der Waals surface area contributed by atoms with Crippen LogP contribution in [-0.2, 0) is 31.0 Å². The van der Waals surface area contributed by atoms with Gasteiger partial charge >= 0.3 is 5.97 Å². The van der Waals surface area contributed by atoms with E-state index in [0.717, 1.165) is 16.8 Å². The first-order chi connectivity index (χ1) is 28.0. The zero-order valence-electron chi connectivity index (χ0n) is 31.1. The third kappa shape index (κ3) is 6.82. The average Bonchev–Trinajstić information content (AvgIpc) is 3.72. The summed E-state index contributed by atoms with van der Waals surface area (Å²) in [5.41, 5.74) is 2.72. The summed E-state index contributed by atoms with van der Waals surface area (Å²) in [6.07, 6.45) is 1.53. The molecule has 0 aliphatic carbocycles. The van der Waals surface area contributed by atoms with Crippen LogP contribution < -0.4 is 15.4 Å². The molecule has 3 aliphatic rings. The van der Waals surface area contributed by atoms with Crippen molar-refractivity contribution in [2.45, 2.75) is 42.5 Å². The monoisotopic (exact) mass is 762 g/mol. The minimum atomic E-state index is -1.74. The van der Waals surface area contributed by atoms with Gasteiger partial charge in [0.2, 0.25) is 11.8 Å². The van der Waals surface area contributed by atoms with E-state index in [1.807, 2.05) is 102 Å². The van der Waals surface area contributed by atoms with Gasteiger partial charge in [-0.15, -0.1) is 0 Å². The van der Waals surface area contributed by atoms with Crippen LogP contribution in [0.3, 0.4) is 0 Å². The molecule has 0 unspecified atom stereocenters. The maximum Gasteiger partial charge on any atom is 0.324 e. The van der Waals surface area contributed by atoms with E-state index in [4.69, 9.17) is 9.47 Å². The Morgan fingerprint density at radius 3 is 2.35 bits per heavy atom. The van der Waals surface area contributed by atoms with Gasteiger partial charge in [0.25, 0.3) is 0 Å². The first-order valence-corrected chi connectivity index (χ1v) is 19.1. The number of pyridine rings is 1. The molecule has 3 aliphatic heterocycles. The summed E-state index contributed by atoms with van der Waals surface area (Å²) in [4.78, 5) is 52.0. The summed E-state index contributed by atoms with van der Waals surface area (Å²) in [6.45, 7) is -0.202. The minimum Gasteiger partial charge on any atom is -0.491 e. The molecular formula is C46H42N4O7. The number of nitrogens with zero attached hydrogens (tertiary/aromatic N) is 2. The van der Waals surface area contributed by atoms with Crippen molar-refractivity contribution in [3.63, 3.8) is 0 Å². The fourth-order valence-corrected chi connectivity index (χ4v) is 8.83. The Morgan fingerprint density at radius 2 is 1.61 bits per heavy atom. The predicted octanol–water partition coefficient (Wildman–Crippen LogP) is 4.82. The number of nitrogens with one attached hydrogen (secondary N) is 2. The van der Waals surface area contributed by atoms with Crippen LogP contribution in [0.1, 0.15) is 58.1 Å². The Labute approximate surface area is 330 Å². The van der Waals surface area contributed by atoms with Gasteiger partial charge in [-0.05, 0) is 53.1 Å².